The average molecular weight is 433 g/mol. The Labute approximate surface area is 176 Å². The standard InChI is InChI=1S/C19H24N6O4S/c1-3-7-24(11-14-22-23-18(29-14)13-6-5-9-30-13)10-12(26)15-16(20)25(8-4-2)19(28)21-17(15)27/h5-6,9H,3-4,7-8,10-11,20H2,1-2H3,(H,21,27,28). The van der Waals surface area contributed by atoms with Gasteiger partial charge in [-0.15, -0.1) is 21.5 Å². The molecule has 3 rings (SSSR count). The topological polar surface area (TPSA) is 140 Å². The second kappa shape index (κ2) is 9.63. The highest BCUT2D eigenvalue weighted by atomic mass is 32.1. The molecule has 0 aliphatic heterocycles. The van der Waals surface area contributed by atoms with Crippen LogP contribution < -0.4 is 17.0 Å². The number of ketones is 1. The quantitative estimate of drug-likeness (QED) is 0.462. The van der Waals surface area contributed by atoms with Crippen LogP contribution >= 0.6 is 11.3 Å². The van der Waals surface area contributed by atoms with Gasteiger partial charge in [-0.05, 0) is 30.8 Å². The summed E-state index contributed by atoms with van der Waals surface area (Å²) in [6.45, 7) is 4.93. The van der Waals surface area contributed by atoms with Crippen LogP contribution in [-0.2, 0) is 13.1 Å². The lowest BCUT2D eigenvalue weighted by atomic mass is 10.1. The lowest BCUT2D eigenvalue weighted by Gasteiger charge is -2.19. The van der Waals surface area contributed by atoms with Crippen molar-refractivity contribution in [3.05, 3.63) is 49.8 Å². The maximum atomic E-state index is 12.9. The number of Topliss-reactive ketones (excluding diaryl/α,β-unsaturated/α-hetero) is 1. The van der Waals surface area contributed by atoms with Crippen LogP contribution in [0.15, 0.2) is 31.5 Å². The van der Waals surface area contributed by atoms with Gasteiger partial charge in [-0.3, -0.25) is 24.0 Å². The van der Waals surface area contributed by atoms with Crippen molar-refractivity contribution in [2.24, 2.45) is 0 Å². The van der Waals surface area contributed by atoms with Crippen LogP contribution in [0, 0.1) is 0 Å². The maximum absolute atomic E-state index is 12.9. The van der Waals surface area contributed by atoms with E-state index in [9.17, 15) is 14.4 Å². The van der Waals surface area contributed by atoms with Crippen molar-refractivity contribution in [3.63, 3.8) is 0 Å². The zero-order valence-electron chi connectivity index (χ0n) is 16.9. The summed E-state index contributed by atoms with van der Waals surface area (Å²) in [6.07, 6.45) is 1.41. The first-order valence-electron chi connectivity index (χ1n) is 9.69. The molecule has 0 unspecified atom stereocenters. The number of carbonyl (C=O) groups is 1. The van der Waals surface area contributed by atoms with E-state index in [0.717, 1.165) is 11.3 Å². The minimum absolute atomic E-state index is 0.0673. The maximum Gasteiger partial charge on any atom is 0.329 e. The molecule has 3 N–H and O–H groups in total. The highest BCUT2D eigenvalue weighted by molar-refractivity contribution is 7.13. The minimum Gasteiger partial charge on any atom is -0.419 e. The Hall–Kier alpha value is -3.05. The van der Waals surface area contributed by atoms with Crippen molar-refractivity contribution in [2.45, 2.75) is 39.8 Å². The molecule has 3 aromatic heterocycles. The van der Waals surface area contributed by atoms with Gasteiger partial charge in [0.15, 0.2) is 5.78 Å². The first-order chi connectivity index (χ1) is 14.4. The number of nitrogens with two attached hydrogens (primary N) is 1. The molecule has 11 heteroatoms. The smallest absolute Gasteiger partial charge is 0.329 e. The number of nitrogens with one attached hydrogen (secondary N) is 1. The number of carbonyl (C=O) groups excluding carboxylic acids is 1. The number of hydrogen-bond acceptors (Lipinski definition) is 9. The molecule has 0 bridgehead atoms. The first kappa shape index (κ1) is 21.7. The molecule has 0 aromatic carbocycles. The summed E-state index contributed by atoms with van der Waals surface area (Å²) in [5.41, 5.74) is 4.40. The third kappa shape index (κ3) is 4.74. The number of nitrogens with zero attached hydrogens (tertiary/aromatic N) is 4. The lowest BCUT2D eigenvalue weighted by Crippen LogP contribution is -2.39. The van der Waals surface area contributed by atoms with Gasteiger partial charge in [0.05, 0.1) is 18.0 Å². The number of H-pyrrole nitrogens is 1. The molecule has 0 atom stereocenters. The number of rotatable bonds is 10. The summed E-state index contributed by atoms with van der Waals surface area (Å²) in [5, 5.41) is 10.0. The van der Waals surface area contributed by atoms with E-state index < -0.39 is 17.0 Å². The summed E-state index contributed by atoms with van der Waals surface area (Å²) >= 11 is 1.49. The Morgan fingerprint density at radius 2 is 2.10 bits per heavy atom. The number of hydrogen-bond donors (Lipinski definition) is 2. The van der Waals surface area contributed by atoms with E-state index in [0.29, 0.717) is 31.3 Å². The Balaban J connectivity index is 1.80. The predicted molar refractivity (Wildman–Crippen MR) is 114 cm³/mol. The zero-order chi connectivity index (χ0) is 21.7. The molecule has 0 aliphatic rings. The lowest BCUT2D eigenvalue weighted by molar-refractivity contribution is 0.0918. The van der Waals surface area contributed by atoms with Crippen molar-refractivity contribution in [1.29, 1.82) is 0 Å². The Morgan fingerprint density at radius 3 is 2.77 bits per heavy atom. The fourth-order valence-corrected chi connectivity index (χ4v) is 3.77. The van der Waals surface area contributed by atoms with E-state index in [1.54, 1.807) is 0 Å². The van der Waals surface area contributed by atoms with Crippen molar-refractivity contribution < 1.29 is 9.21 Å². The van der Waals surface area contributed by atoms with E-state index in [4.69, 9.17) is 10.2 Å². The van der Waals surface area contributed by atoms with Crippen LogP contribution in [0.4, 0.5) is 5.82 Å². The van der Waals surface area contributed by atoms with E-state index in [2.05, 4.69) is 15.2 Å². The van der Waals surface area contributed by atoms with Crippen LogP contribution in [0.2, 0.25) is 0 Å². The van der Waals surface area contributed by atoms with Gasteiger partial charge in [0, 0.05) is 6.54 Å². The summed E-state index contributed by atoms with van der Waals surface area (Å²) in [7, 11) is 0. The second-order valence-corrected chi connectivity index (χ2v) is 7.73. The fourth-order valence-electron chi connectivity index (χ4n) is 3.12. The van der Waals surface area contributed by atoms with E-state index >= 15 is 0 Å². The molecule has 0 aliphatic carbocycles. The Kier molecular flexibility index (Phi) is 6.95. The van der Waals surface area contributed by atoms with Gasteiger partial charge in [-0.2, -0.15) is 0 Å². The molecule has 160 valence electrons. The van der Waals surface area contributed by atoms with Crippen LogP contribution in [-0.4, -0.2) is 43.5 Å². The molecule has 0 amide bonds. The van der Waals surface area contributed by atoms with Crippen LogP contribution in [0.1, 0.15) is 42.9 Å². The molecular weight excluding hydrogens is 408 g/mol. The Bertz CT molecular complexity index is 1110. The summed E-state index contributed by atoms with van der Waals surface area (Å²) in [4.78, 5) is 42.0. The third-order valence-electron chi connectivity index (χ3n) is 4.43. The summed E-state index contributed by atoms with van der Waals surface area (Å²) < 4.78 is 6.92. The Morgan fingerprint density at radius 1 is 1.30 bits per heavy atom. The van der Waals surface area contributed by atoms with Gasteiger partial charge in [0.25, 0.3) is 11.4 Å². The number of aromatic amines is 1. The fraction of sp³-hybridized carbons (Fsp3) is 0.421. The monoisotopic (exact) mass is 432 g/mol. The van der Waals surface area contributed by atoms with Crippen molar-refractivity contribution in [3.8, 4) is 10.8 Å². The molecule has 0 radical (unpaired) electrons. The van der Waals surface area contributed by atoms with Gasteiger partial charge in [0.1, 0.15) is 11.4 Å². The highest BCUT2D eigenvalue weighted by Crippen LogP contribution is 2.23. The normalized spacial score (nSPS) is 11.3. The molecule has 30 heavy (non-hydrogen) atoms. The molecule has 0 fully saturated rings. The van der Waals surface area contributed by atoms with E-state index in [1.165, 1.54) is 15.9 Å². The molecule has 3 heterocycles. The summed E-state index contributed by atoms with van der Waals surface area (Å²) in [5.74, 6) is 0.224. The van der Waals surface area contributed by atoms with Crippen LogP contribution in [0.3, 0.4) is 0 Å². The van der Waals surface area contributed by atoms with E-state index in [-0.39, 0.29) is 24.5 Å². The van der Waals surface area contributed by atoms with E-state index in [1.807, 2.05) is 36.3 Å². The number of nitrogen functional groups attached to an aromatic ring is 1. The highest BCUT2D eigenvalue weighted by Gasteiger charge is 2.22. The largest absolute Gasteiger partial charge is 0.419 e. The van der Waals surface area contributed by atoms with Crippen molar-refractivity contribution in [2.75, 3.05) is 18.8 Å². The molecular formula is C19H24N6O4S. The first-order valence-corrected chi connectivity index (χ1v) is 10.6. The second-order valence-electron chi connectivity index (χ2n) is 6.78. The SMILES string of the molecule is CCCN(CC(=O)c1c(N)n(CCC)c(=O)[nH]c1=O)Cc1nnc(-c2cccs2)o1. The predicted octanol–water partition coefficient (Wildman–Crippen LogP) is 1.74. The van der Waals surface area contributed by atoms with Gasteiger partial charge >= 0.3 is 5.69 Å². The average Bonchev–Trinajstić information content (AvgIpc) is 3.36. The number of thiophene rings is 1. The molecule has 0 spiro atoms. The van der Waals surface area contributed by atoms with Crippen molar-refractivity contribution in [1.82, 2.24) is 24.6 Å². The summed E-state index contributed by atoms with van der Waals surface area (Å²) in [6, 6.07) is 3.78. The third-order valence-corrected chi connectivity index (χ3v) is 5.29. The zero-order valence-corrected chi connectivity index (χ0v) is 17.7. The number of aromatic nitrogens is 4. The van der Waals surface area contributed by atoms with Gasteiger partial charge in [-0.25, -0.2) is 4.79 Å². The van der Waals surface area contributed by atoms with Gasteiger partial charge in [0.2, 0.25) is 5.89 Å². The van der Waals surface area contributed by atoms with Crippen molar-refractivity contribution >= 4 is 22.9 Å². The molecule has 10 nitrogen and oxygen atoms in total. The number of anilines is 1. The molecule has 3 aromatic rings. The molecule has 0 saturated heterocycles. The van der Waals surface area contributed by atoms with Gasteiger partial charge < -0.3 is 10.2 Å². The molecule has 0 saturated carbocycles. The van der Waals surface area contributed by atoms with Gasteiger partial charge in [-0.1, -0.05) is 19.9 Å². The van der Waals surface area contributed by atoms with Crippen LogP contribution in [0.5, 0.6) is 0 Å². The van der Waals surface area contributed by atoms with Crippen LogP contribution in [0.25, 0.3) is 10.8 Å². The minimum atomic E-state index is -0.774.